The van der Waals surface area contributed by atoms with Crippen LogP contribution in [0.4, 0.5) is 9.52 Å². The number of carbonyl (C=O) groups excluding carboxylic acids is 2. The van der Waals surface area contributed by atoms with Crippen LogP contribution in [0.5, 0.6) is 0 Å². The van der Waals surface area contributed by atoms with Gasteiger partial charge in [-0.3, -0.25) is 14.9 Å². The average molecular weight is 305 g/mol. The van der Waals surface area contributed by atoms with Crippen molar-refractivity contribution in [3.05, 3.63) is 46.2 Å². The molecule has 0 saturated carbocycles. The molecular formula is C14H12FN3O2S. The topological polar surface area (TPSA) is 85.1 Å². The van der Waals surface area contributed by atoms with Gasteiger partial charge in [0.1, 0.15) is 5.82 Å². The SMILES string of the molecule is NC(=O)[C@H]1CCc2sc(NC(=O)c3ccc(F)cc3)nc21. The summed E-state index contributed by atoms with van der Waals surface area (Å²) < 4.78 is 12.8. The number of halogens is 1. The number of hydrogen-bond donors (Lipinski definition) is 2. The fraction of sp³-hybridized carbons (Fsp3) is 0.214. The van der Waals surface area contributed by atoms with Crippen molar-refractivity contribution in [1.29, 1.82) is 0 Å². The van der Waals surface area contributed by atoms with Gasteiger partial charge in [0.05, 0.1) is 11.6 Å². The van der Waals surface area contributed by atoms with Crippen molar-refractivity contribution in [2.75, 3.05) is 5.32 Å². The first-order valence-electron chi connectivity index (χ1n) is 6.40. The predicted molar refractivity (Wildman–Crippen MR) is 76.7 cm³/mol. The van der Waals surface area contributed by atoms with E-state index in [1.54, 1.807) is 0 Å². The highest BCUT2D eigenvalue weighted by Crippen LogP contribution is 2.38. The number of amides is 2. The van der Waals surface area contributed by atoms with Crippen LogP contribution in [0.1, 0.15) is 33.3 Å². The first kappa shape index (κ1) is 13.7. The number of nitrogens with one attached hydrogen (secondary N) is 1. The highest BCUT2D eigenvalue weighted by molar-refractivity contribution is 7.16. The van der Waals surface area contributed by atoms with Gasteiger partial charge in [0.15, 0.2) is 5.13 Å². The Balaban J connectivity index is 1.77. The van der Waals surface area contributed by atoms with E-state index in [2.05, 4.69) is 10.3 Å². The molecule has 1 aliphatic carbocycles. The minimum Gasteiger partial charge on any atom is -0.369 e. The van der Waals surface area contributed by atoms with Gasteiger partial charge in [-0.25, -0.2) is 9.37 Å². The molecule has 3 N–H and O–H groups in total. The lowest BCUT2D eigenvalue weighted by Crippen LogP contribution is -2.20. The second kappa shape index (κ2) is 5.25. The summed E-state index contributed by atoms with van der Waals surface area (Å²) in [6, 6.07) is 5.25. The molecule has 108 valence electrons. The van der Waals surface area contributed by atoms with E-state index in [9.17, 15) is 14.0 Å². The highest BCUT2D eigenvalue weighted by Gasteiger charge is 2.31. The van der Waals surface area contributed by atoms with Crippen LogP contribution < -0.4 is 11.1 Å². The van der Waals surface area contributed by atoms with Crippen LogP contribution in [0.15, 0.2) is 24.3 Å². The van der Waals surface area contributed by atoms with E-state index in [-0.39, 0.29) is 11.8 Å². The average Bonchev–Trinajstić information content (AvgIpc) is 2.98. The fourth-order valence-electron chi connectivity index (χ4n) is 2.33. The van der Waals surface area contributed by atoms with E-state index in [0.29, 0.717) is 22.8 Å². The van der Waals surface area contributed by atoms with Crippen LogP contribution >= 0.6 is 11.3 Å². The summed E-state index contributed by atoms with van der Waals surface area (Å²) in [5.74, 6) is -1.52. The molecule has 5 nitrogen and oxygen atoms in total. The molecule has 3 rings (SSSR count). The zero-order chi connectivity index (χ0) is 15.0. The zero-order valence-electron chi connectivity index (χ0n) is 10.9. The summed E-state index contributed by atoms with van der Waals surface area (Å²) in [6.45, 7) is 0. The van der Waals surface area contributed by atoms with Gasteiger partial charge in [-0.05, 0) is 37.1 Å². The number of aromatic nitrogens is 1. The Morgan fingerprint density at radius 1 is 1.33 bits per heavy atom. The largest absolute Gasteiger partial charge is 0.369 e. The number of rotatable bonds is 3. The second-order valence-corrected chi connectivity index (χ2v) is 5.87. The molecule has 2 aromatic rings. The maximum absolute atomic E-state index is 12.8. The summed E-state index contributed by atoms with van der Waals surface area (Å²) in [7, 11) is 0. The van der Waals surface area contributed by atoms with Crippen molar-refractivity contribution >= 4 is 28.3 Å². The number of anilines is 1. The molecule has 0 bridgehead atoms. The molecule has 0 saturated heterocycles. The van der Waals surface area contributed by atoms with Crippen LogP contribution in [0.2, 0.25) is 0 Å². The number of carbonyl (C=O) groups is 2. The molecule has 0 fully saturated rings. The quantitative estimate of drug-likeness (QED) is 0.910. The van der Waals surface area contributed by atoms with Crippen molar-refractivity contribution in [2.24, 2.45) is 5.73 Å². The Morgan fingerprint density at radius 2 is 2.05 bits per heavy atom. The lowest BCUT2D eigenvalue weighted by atomic mass is 10.1. The third kappa shape index (κ3) is 2.64. The summed E-state index contributed by atoms with van der Waals surface area (Å²) >= 11 is 1.34. The second-order valence-electron chi connectivity index (χ2n) is 4.78. The molecule has 0 spiro atoms. The Kier molecular flexibility index (Phi) is 3.42. The van der Waals surface area contributed by atoms with Gasteiger partial charge < -0.3 is 5.73 Å². The number of nitrogens with two attached hydrogens (primary N) is 1. The minimum absolute atomic E-state index is 0.346. The molecule has 0 radical (unpaired) electrons. The van der Waals surface area contributed by atoms with E-state index in [1.165, 1.54) is 35.6 Å². The Morgan fingerprint density at radius 3 is 2.71 bits per heavy atom. The van der Waals surface area contributed by atoms with E-state index in [1.807, 2.05) is 0 Å². The maximum Gasteiger partial charge on any atom is 0.257 e. The van der Waals surface area contributed by atoms with Gasteiger partial charge in [0, 0.05) is 10.4 Å². The number of hydrogen-bond acceptors (Lipinski definition) is 4. The van der Waals surface area contributed by atoms with Crippen LogP contribution in [-0.2, 0) is 11.2 Å². The Labute approximate surface area is 124 Å². The molecule has 2 amide bonds. The molecule has 0 unspecified atom stereocenters. The number of aryl methyl sites for hydroxylation is 1. The zero-order valence-corrected chi connectivity index (χ0v) is 11.7. The molecule has 7 heteroatoms. The van der Waals surface area contributed by atoms with Gasteiger partial charge >= 0.3 is 0 Å². The molecule has 1 aliphatic rings. The highest BCUT2D eigenvalue weighted by atomic mass is 32.1. The van der Waals surface area contributed by atoms with Crippen LogP contribution in [0, 0.1) is 5.82 Å². The molecule has 21 heavy (non-hydrogen) atoms. The molecule has 1 aromatic carbocycles. The lowest BCUT2D eigenvalue weighted by molar-refractivity contribution is -0.119. The molecule has 1 aromatic heterocycles. The molecule has 0 aliphatic heterocycles. The van der Waals surface area contributed by atoms with E-state index in [4.69, 9.17) is 5.73 Å². The van der Waals surface area contributed by atoms with Gasteiger partial charge in [-0.2, -0.15) is 0 Å². The third-order valence-corrected chi connectivity index (χ3v) is 4.43. The summed E-state index contributed by atoms with van der Waals surface area (Å²) in [5, 5.41) is 3.09. The number of primary amides is 1. The summed E-state index contributed by atoms with van der Waals surface area (Å²) in [5.41, 5.74) is 6.35. The number of fused-ring (bicyclic) bond motifs is 1. The predicted octanol–water partition coefficient (Wildman–Crippen LogP) is 2.05. The number of benzene rings is 1. The Bertz CT molecular complexity index is 712. The van der Waals surface area contributed by atoms with E-state index >= 15 is 0 Å². The standard InChI is InChI=1S/C14H12FN3O2S/c15-8-3-1-7(2-4-8)13(20)18-14-17-11-9(12(16)19)5-6-10(11)21-14/h1-4,9H,5-6H2,(H2,16,19)(H,17,18,20)/t9-/m0/s1. The molecular weight excluding hydrogens is 293 g/mol. The van der Waals surface area contributed by atoms with Gasteiger partial charge in [0.25, 0.3) is 5.91 Å². The van der Waals surface area contributed by atoms with Crippen molar-refractivity contribution in [3.8, 4) is 0 Å². The van der Waals surface area contributed by atoms with Crippen LogP contribution in [-0.4, -0.2) is 16.8 Å². The van der Waals surface area contributed by atoms with Crippen molar-refractivity contribution in [2.45, 2.75) is 18.8 Å². The first-order chi connectivity index (χ1) is 10.0. The number of thiazole rings is 1. The lowest BCUT2D eigenvalue weighted by Gasteiger charge is -2.04. The number of nitrogens with zero attached hydrogens (tertiary/aromatic N) is 1. The van der Waals surface area contributed by atoms with Crippen molar-refractivity contribution in [3.63, 3.8) is 0 Å². The molecule has 1 atom stereocenters. The van der Waals surface area contributed by atoms with E-state index in [0.717, 1.165) is 11.3 Å². The monoisotopic (exact) mass is 305 g/mol. The van der Waals surface area contributed by atoms with Crippen molar-refractivity contribution in [1.82, 2.24) is 4.98 Å². The molecule has 1 heterocycles. The summed E-state index contributed by atoms with van der Waals surface area (Å²) in [6.07, 6.45) is 1.42. The van der Waals surface area contributed by atoms with Gasteiger partial charge in [0.2, 0.25) is 5.91 Å². The first-order valence-corrected chi connectivity index (χ1v) is 7.22. The smallest absolute Gasteiger partial charge is 0.257 e. The normalized spacial score (nSPS) is 16.5. The minimum atomic E-state index is -0.399. The van der Waals surface area contributed by atoms with E-state index < -0.39 is 11.7 Å². The van der Waals surface area contributed by atoms with Gasteiger partial charge in [-0.1, -0.05) is 0 Å². The van der Waals surface area contributed by atoms with Crippen LogP contribution in [0.25, 0.3) is 0 Å². The fourth-order valence-corrected chi connectivity index (χ4v) is 3.36. The van der Waals surface area contributed by atoms with Crippen molar-refractivity contribution < 1.29 is 14.0 Å². The summed E-state index contributed by atoms with van der Waals surface area (Å²) in [4.78, 5) is 28.6. The van der Waals surface area contributed by atoms with Gasteiger partial charge in [-0.15, -0.1) is 11.3 Å². The Hall–Kier alpha value is -2.28. The third-order valence-electron chi connectivity index (χ3n) is 3.39. The maximum atomic E-state index is 12.8. The van der Waals surface area contributed by atoms with Crippen LogP contribution in [0.3, 0.4) is 0 Å².